The summed E-state index contributed by atoms with van der Waals surface area (Å²) in [5, 5.41) is 8.54. The second-order valence-electron chi connectivity index (χ2n) is 6.94. The summed E-state index contributed by atoms with van der Waals surface area (Å²) in [5.41, 5.74) is 1.58. The van der Waals surface area contributed by atoms with Crippen LogP contribution in [0.3, 0.4) is 0 Å². The van der Waals surface area contributed by atoms with Crippen molar-refractivity contribution in [2.75, 3.05) is 11.9 Å². The summed E-state index contributed by atoms with van der Waals surface area (Å²) in [6, 6.07) is 10.5. The average molecular weight is 464 g/mol. The van der Waals surface area contributed by atoms with Crippen molar-refractivity contribution in [3.05, 3.63) is 59.7 Å². The van der Waals surface area contributed by atoms with Gasteiger partial charge in [-0.15, -0.1) is 0 Å². The van der Waals surface area contributed by atoms with E-state index in [1.807, 2.05) is 6.92 Å². The number of carbonyl (C=O) groups excluding carboxylic acids is 3. The molecular weight excluding hydrogens is 441 g/mol. The minimum absolute atomic E-state index is 0.0216. The van der Waals surface area contributed by atoms with E-state index >= 15 is 0 Å². The van der Waals surface area contributed by atoms with Gasteiger partial charge in [0.25, 0.3) is 5.91 Å². The summed E-state index contributed by atoms with van der Waals surface area (Å²) in [6.45, 7) is 3.13. The lowest BCUT2D eigenvalue weighted by Gasteiger charge is -2.11. The van der Waals surface area contributed by atoms with Crippen LogP contribution >= 0.6 is 0 Å². The molecular formula is C22H23F3N4O4. The fraction of sp³-hybridized carbons (Fsp3) is 0.273. The number of anilines is 1. The number of carbonyl (C=O) groups is 3. The van der Waals surface area contributed by atoms with Gasteiger partial charge in [0, 0.05) is 17.3 Å². The maximum absolute atomic E-state index is 12.8. The lowest BCUT2D eigenvalue weighted by atomic mass is 10.2. The van der Waals surface area contributed by atoms with Crippen LogP contribution in [-0.4, -0.2) is 36.6 Å². The van der Waals surface area contributed by atoms with Crippen LogP contribution in [0.4, 0.5) is 18.9 Å². The van der Waals surface area contributed by atoms with E-state index in [1.165, 1.54) is 24.4 Å². The predicted octanol–water partition coefficient (Wildman–Crippen LogP) is 3.09. The van der Waals surface area contributed by atoms with Gasteiger partial charge in [0.1, 0.15) is 5.75 Å². The summed E-state index contributed by atoms with van der Waals surface area (Å²) in [5.74, 6) is -2.20. The van der Waals surface area contributed by atoms with Crippen LogP contribution in [-0.2, 0) is 20.6 Å². The van der Waals surface area contributed by atoms with Crippen molar-refractivity contribution in [3.8, 4) is 5.75 Å². The van der Waals surface area contributed by atoms with E-state index in [0.717, 1.165) is 12.1 Å². The number of rotatable bonds is 8. The van der Waals surface area contributed by atoms with Gasteiger partial charge in [0.05, 0.1) is 11.8 Å². The summed E-state index contributed by atoms with van der Waals surface area (Å²) in [6.07, 6.45) is -2.64. The molecule has 3 amide bonds. The molecule has 0 heterocycles. The van der Waals surface area contributed by atoms with Crippen LogP contribution in [0, 0.1) is 0 Å². The van der Waals surface area contributed by atoms with Gasteiger partial charge in [-0.25, -0.2) is 5.43 Å². The SMILES string of the molecule is CC[C@@H](C)NC(=O)C(=O)N/N=C\c1ccccc1OCC(=O)Nc1cccc(C(F)(F)F)c1. The molecule has 0 radical (unpaired) electrons. The van der Waals surface area contributed by atoms with Crippen molar-refractivity contribution in [2.45, 2.75) is 32.5 Å². The smallest absolute Gasteiger partial charge is 0.416 e. The summed E-state index contributed by atoms with van der Waals surface area (Å²) in [4.78, 5) is 35.5. The summed E-state index contributed by atoms with van der Waals surface area (Å²) in [7, 11) is 0. The molecule has 0 bridgehead atoms. The average Bonchev–Trinajstić information content (AvgIpc) is 2.77. The van der Waals surface area contributed by atoms with Crippen LogP contribution < -0.4 is 20.8 Å². The highest BCUT2D eigenvalue weighted by Crippen LogP contribution is 2.30. The normalized spacial score (nSPS) is 12.2. The quantitative estimate of drug-likeness (QED) is 0.317. The second-order valence-corrected chi connectivity index (χ2v) is 6.94. The van der Waals surface area contributed by atoms with Crippen LogP contribution in [0.25, 0.3) is 0 Å². The minimum Gasteiger partial charge on any atom is -0.483 e. The summed E-state index contributed by atoms with van der Waals surface area (Å²) < 4.78 is 43.8. The van der Waals surface area contributed by atoms with Gasteiger partial charge in [0.15, 0.2) is 6.61 Å². The Morgan fingerprint density at radius 1 is 1.09 bits per heavy atom. The zero-order valence-electron chi connectivity index (χ0n) is 17.9. The van der Waals surface area contributed by atoms with E-state index in [2.05, 4.69) is 21.2 Å². The molecule has 11 heteroatoms. The number of nitrogens with zero attached hydrogens (tertiary/aromatic N) is 1. The molecule has 2 rings (SSSR count). The number of benzene rings is 2. The van der Waals surface area contributed by atoms with E-state index in [4.69, 9.17) is 4.74 Å². The highest BCUT2D eigenvalue weighted by Gasteiger charge is 2.30. The molecule has 0 saturated carbocycles. The number of hydrogen-bond donors (Lipinski definition) is 3. The van der Waals surface area contributed by atoms with E-state index in [0.29, 0.717) is 12.0 Å². The monoisotopic (exact) mass is 464 g/mol. The number of hydrazone groups is 1. The molecule has 3 N–H and O–H groups in total. The largest absolute Gasteiger partial charge is 0.483 e. The maximum Gasteiger partial charge on any atom is 0.416 e. The number of ether oxygens (including phenoxy) is 1. The first-order valence-electron chi connectivity index (χ1n) is 9.93. The van der Waals surface area contributed by atoms with E-state index < -0.39 is 36.1 Å². The van der Waals surface area contributed by atoms with Gasteiger partial charge >= 0.3 is 18.0 Å². The molecule has 2 aromatic carbocycles. The molecule has 176 valence electrons. The Morgan fingerprint density at radius 2 is 1.82 bits per heavy atom. The molecule has 0 aliphatic heterocycles. The predicted molar refractivity (Wildman–Crippen MR) is 116 cm³/mol. The molecule has 8 nitrogen and oxygen atoms in total. The van der Waals surface area contributed by atoms with Crippen molar-refractivity contribution in [2.24, 2.45) is 5.10 Å². The van der Waals surface area contributed by atoms with Crippen molar-refractivity contribution < 1.29 is 32.3 Å². The zero-order valence-corrected chi connectivity index (χ0v) is 17.9. The third kappa shape index (κ3) is 8.28. The number of amides is 3. The third-order valence-electron chi connectivity index (χ3n) is 4.32. The number of alkyl halides is 3. The first-order valence-corrected chi connectivity index (χ1v) is 9.93. The number of nitrogens with one attached hydrogen (secondary N) is 3. The number of hydrogen-bond acceptors (Lipinski definition) is 5. The first kappa shape index (κ1) is 25.4. The van der Waals surface area contributed by atoms with Gasteiger partial charge in [-0.2, -0.15) is 18.3 Å². The zero-order chi connectivity index (χ0) is 24.4. The Labute approximate surface area is 188 Å². The molecule has 0 fully saturated rings. The Kier molecular flexibility index (Phi) is 8.96. The number of halogens is 3. The van der Waals surface area contributed by atoms with Crippen molar-refractivity contribution in [3.63, 3.8) is 0 Å². The Morgan fingerprint density at radius 3 is 2.52 bits per heavy atom. The Bertz CT molecular complexity index is 1020. The Hall–Kier alpha value is -3.89. The van der Waals surface area contributed by atoms with Crippen LogP contribution in [0.1, 0.15) is 31.4 Å². The first-order chi connectivity index (χ1) is 15.6. The molecule has 0 aliphatic carbocycles. The van der Waals surface area contributed by atoms with Crippen LogP contribution in [0.15, 0.2) is 53.6 Å². The van der Waals surface area contributed by atoms with Gasteiger partial charge < -0.3 is 15.4 Å². The highest BCUT2D eigenvalue weighted by atomic mass is 19.4. The maximum atomic E-state index is 12.8. The molecule has 0 aromatic heterocycles. The molecule has 0 unspecified atom stereocenters. The fourth-order valence-corrected chi connectivity index (χ4v) is 2.43. The fourth-order valence-electron chi connectivity index (χ4n) is 2.43. The van der Waals surface area contributed by atoms with E-state index in [9.17, 15) is 27.6 Å². The topological polar surface area (TPSA) is 109 Å². The lowest BCUT2D eigenvalue weighted by Crippen LogP contribution is -2.41. The lowest BCUT2D eigenvalue weighted by molar-refractivity contribution is -0.139. The van der Waals surface area contributed by atoms with Gasteiger partial charge in [-0.3, -0.25) is 14.4 Å². The summed E-state index contributed by atoms with van der Waals surface area (Å²) >= 11 is 0. The molecule has 1 atom stereocenters. The van der Waals surface area contributed by atoms with Gasteiger partial charge in [-0.05, 0) is 43.7 Å². The van der Waals surface area contributed by atoms with Gasteiger partial charge in [-0.1, -0.05) is 25.1 Å². The molecule has 0 spiro atoms. The molecule has 0 saturated heterocycles. The standard InChI is InChI=1S/C22H23F3N4O4/c1-3-14(2)27-20(31)21(32)29-26-12-15-7-4-5-10-18(15)33-13-19(30)28-17-9-6-8-16(11-17)22(23,24)25/h4-12,14H,3,13H2,1-2H3,(H,27,31)(H,28,30)(H,29,32)/b26-12-/t14-/m1/s1. The molecule has 0 aliphatic rings. The number of para-hydroxylation sites is 1. The second kappa shape index (κ2) is 11.7. The Balaban J connectivity index is 1.94. The van der Waals surface area contributed by atoms with Crippen LogP contribution in [0.5, 0.6) is 5.75 Å². The van der Waals surface area contributed by atoms with E-state index in [1.54, 1.807) is 25.1 Å². The van der Waals surface area contributed by atoms with Gasteiger partial charge in [0.2, 0.25) is 0 Å². The third-order valence-corrected chi connectivity index (χ3v) is 4.32. The van der Waals surface area contributed by atoms with Crippen LogP contribution in [0.2, 0.25) is 0 Å². The molecule has 33 heavy (non-hydrogen) atoms. The molecule has 2 aromatic rings. The van der Waals surface area contributed by atoms with E-state index in [-0.39, 0.29) is 17.5 Å². The van der Waals surface area contributed by atoms with Crippen molar-refractivity contribution >= 4 is 29.6 Å². The highest BCUT2D eigenvalue weighted by molar-refractivity contribution is 6.35. The van der Waals surface area contributed by atoms with Crippen molar-refractivity contribution in [1.29, 1.82) is 0 Å². The minimum atomic E-state index is -4.53. The van der Waals surface area contributed by atoms with Crippen molar-refractivity contribution in [1.82, 2.24) is 10.7 Å².